The molecule has 1 aliphatic heterocycles. The fraction of sp³-hybridized carbons (Fsp3) is 0.800. The molecule has 1 aliphatic carbocycles. The first-order valence-corrected chi connectivity index (χ1v) is 5.42. The summed E-state index contributed by atoms with van der Waals surface area (Å²) in [5.41, 5.74) is 5.71. The van der Waals surface area contributed by atoms with E-state index < -0.39 is 0 Å². The number of rotatable bonds is 2. The predicted octanol–water partition coefficient (Wildman–Crippen LogP) is -0.784. The van der Waals surface area contributed by atoms with Gasteiger partial charge in [0.25, 0.3) is 0 Å². The molecule has 0 unspecified atom stereocenters. The lowest BCUT2D eigenvalue weighted by molar-refractivity contribution is -0.139. The molecule has 5 heteroatoms. The number of nitrogens with zero attached hydrogens (tertiary/aromatic N) is 1. The van der Waals surface area contributed by atoms with E-state index in [1.807, 2.05) is 0 Å². The van der Waals surface area contributed by atoms with E-state index in [-0.39, 0.29) is 23.9 Å². The first-order chi connectivity index (χ1) is 7.09. The highest BCUT2D eigenvalue weighted by molar-refractivity contribution is 5.86. The highest BCUT2D eigenvalue weighted by atomic mass is 16.2. The third-order valence-electron chi connectivity index (χ3n) is 3.24. The Morgan fingerprint density at radius 2 is 2.27 bits per heavy atom. The topological polar surface area (TPSA) is 75.4 Å². The average Bonchev–Trinajstić information content (AvgIpc) is 2.15. The Labute approximate surface area is 89.0 Å². The molecule has 84 valence electrons. The minimum Gasteiger partial charge on any atom is -0.353 e. The first kappa shape index (κ1) is 10.4. The van der Waals surface area contributed by atoms with Crippen LogP contribution in [0.1, 0.15) is 25.7 Å². The summed E-state index contributed by atoms with van der Waals surface area (Å²) in [7, 11) is 0. The third-order valence-corrected chi connectivity index (χ3v) is 3.24. The molecule has 0 bridgehead atoms. The summed E-state index contributed by atoms with van der Waals surface area (Å²) in [4.78, 5) is 24.5. The molecule has 5 nitrogen and oxygen atoms in total. The lowest BCUT2D eigenvalue weighted by Gasteiger charge is -2.39. The second kappa shape index (κ2) is 3.81. The SMILES string of the molecule is NC1(CC(=O)N2CCNC(=O)C2)CCC1. The van der Waals surface area contributed by atoms with Crippen molar-refractivity contribution in [1.29, 1.82) is 0 Å². The highest BCUT2D eigenvalue weighted by Crippen LogP contribution is 2.32. The van der Waals surface area contributed by atoms with Gasteiger partial charge in [-0.2, -0.15) is 0 Å². The molecule has 3 N–H and O–H groups in total. The molecule has 1 heterocycles. The Morgan fingerprint density at radius 1 is 1.53 bits per heavy atom. The van der Waals surface area contributed by atoms with Crippen molar-refractivity contribution in [2.45, 2.75) is 31.2 Å². The van der Waals surface area contributed by atoms with Crippen LogP contribution in [0.3, 0.4) is 0 Å². The van der Waals surface area contributed by atoms with Crippen molar-refractivity contribution >= 4 is 11.8 Å². The summed E-state index contributed by atoms with van der Waals surface area (Å²) in [6.45, 7) is 1.36. The standard InChI is InChI=1S/C10H17N3O2/c11-10(2-1-3-10)6-9(15)13-5-4-12-8(14)7-13/h1-7,11H2,(H,12,14). The maximum atomic E-state index is 11.8. The Morgan fingerprint density at radius 3 is 2.80 bits per heavy atom. The van der Waals surface area contributed by atoms with Crippen LogP contribution < -0.4 is 11.1 Å². The Kier molecular flexibility index (Phi) is 2.65. The van der Waals surface area contributed by atoms with Gasteiger partial charge in [-0.05, 0) is 19.3 Å². The predicted molar refractivity (Wildman–Crippen MR) is 55.0 cm³/mol. The molecular formula is C10H17N3O2. The van der Waals surface area contributed by atoms with Gasteiger partial charge in [0.05, 0.1) is 6.54 Å². The van der Waals surface area contributed by atoms with Crippen LogP contribution >= 0.6 is 0 Å². The number of hydrogen-bond donors (Lipinski definition) is 2. The van der Waals surface area contributed by atoms with Crippen molar-refractivity contribution in [1.82, 2.24) is 10.2 Å². The number of nitrogens with one attached hydrogen (secondary N) is 1. The number of nitrogens with two attached hydrogens (primary N) is 1. The third kappa shape index (κ3) is 2.28. The Bertz CT molecular complexity index is 286. The van der Waals surface area contributed by atoms with Crippen LogP contribution in [-0.2, 0) is 9.59 Å². The zero-order valence-electron chi connectivity index (χ0n) is 8.79. The lowest BCUT2D eigenvalue weighted by atomic mass is 9.75. The summed E-state index contributed by atoms with van der Waals surface area (Å²) in [6, 6.07) is 0. The minimum atomic E-state index is -0.287. The molecule has 0 aromatic carbocycles. The van der Waals surface area contributed by atoms with Crippen LogP contribution in [0.15, 0.2) is 0 Å². The molecule has 0 aromatic rings. The van der Waals surface area contributed by atoms with E-state index in [1.165, 1.54) is 0 Å². The summed E-state index contributed by atoms with van der Waals surface area (Å²) in [5, 5.41) is 2.69. The molecule has 1 saturated heterocycles. The zero-order chi connectivity index (χ0) is 10.9. The smallest absolute Gasteiger partial charge is 0.239 e. The summed E-state index contributed by atoms with van der Waals surface area (Å²) >= 11 is 0. The van der Waals surface area contributed by atoms with E-state index >= 15 is 0 Å². The van der Waals surface area contributed by atoms with Crippen LogP contribution in [0.2, 0.25) is 0 Å². The number of carbonyl (C=O) groups is 2. The molecular weight excluding hydrogens is 194 g/mol. The number of amides is 2. The van der Waals surface area contributed by atoms with Crippen molar-refractivity contribution < 1.29 is 9.59 Å². The molecule has 2 amide bonds. The van der Waals surface area contributed by atoms with Crippen LogP contribution in [0.4, 0.5) is 0 Å². The molecule has 0 radical (unpaired) electrons. The molecule has 0 spiro atoms. The largest absolute Gasteiger partial charge is 0.353 e. The van der Waals surface area contributed by atoms with Crippen molar-refractivity contribution in [3.63, 3.8) is 0 Å². The molecule has 0 atom stereocenters. The van der Waals surface area contributed by atoms with E-state index in [0.29, 0.717) is 19.5 Å². The lowest BCUT2D eigenvalue weighted by Crippen LogP contribution is -2.54. The normalized spacial score (nSPS) is 24.3. The van der Waals surface area contributed by atoms with Crippen LogP contribution in [0.25, 0.3) is 0 Å². The van der Waals surface area contributed by atoms with Crippen molar-refractivity contribution in [2.24, 2.45) is 5.73 Å². The molecule has 1 saturated carbocycles. The van der Waals surface area contributed by atoms with E-state index in [2.05, 4.69) is 5.32 Å². The monoisotopic (exact) mass is 211 g/mol. The van der Waals surface area contributed by atoms with Crippen LogP contribution in [-0.4, -0.2) is 41.9 Å². The molecule has 0 aromatic heterocycles. The van der Waals surface area contributed by atoms with Gasteiger partial charge in [-0.3, -0.25) is 9.59 Å². The Hall–Kier alpha value is -1.10. The molecule has 15 heavy (non-hydrogen) atoms. The van der Waals surface area contributed by atoms with Crippen LogP contribution in [0, 0.1) is 0 Å². The van der Waals surface area contributed by atoms with Gasteiger partial charge in [0.2, 0.25) is 11.8 Å². The van der Waals surface area contributed by atoms with Crippen LogP contribution in [0.5, 0.6) is 0 Å². The van der Waals surface area contributed by atoms with Crippen molar-refractivity contribution in [3.8, 4) is 0 Å². The number of carbonyl (C=O) groups excluding carboxylic acids is 2. The number of piperazine rings is 1. The second-order valence-corrected chi connectivity index (χ2v) is 4.56. The van der Waals surface area contributed by atoms with Gasteiger partial charge >= 0.3 is 0 Å². The van der Waals surface area contributed by atoms with E-state index in [1.54, 1.807) is 4.90 Å². The maximum Gasteiger partial charge on any atom is 0.239 e. The van der Waals surface area contributed by atoms with Gasteiger partial charge in [-0.25, -0.2) is 0 Å². The summed E-state index contributed by atoms with van der Waals surface area (Å²) in [5.74, 6) is -0.0543. The Balaban J connectivity index is 1.87. The quantitative estimate of drug-likeness (QED) is 0.629. The zero-order valence-corrected chi connectivity index (χ0v) is 8.79. The van der Waals surface area contributed by atoms with Gasteiger partial charge in [-0.1, -0.05) is 0 Å². The van der Waals surface area contributed by atoms with Crippen molar-refractivity contribution in [2.75, 3.05) is 19.6 Å². The summed E-state index contributed by atoms with van der Waals surface area (Å²) < 4.78 is 0. The maximum absolute atomic E-state index is 11.8. The van der Waals surface area contributed by atoms with Gasteiger partial charge in [0, 0.05) is 25.0 Å². The van der Waals surface area contributed by atoms with Crippen molar-refractivity contribution in [3.05, 3.63) is 0 Å². The molecule has 2 rings (SSSR count). The summed E-state index contributed by atoms with van der Waals surface area (Å²) in [6.07, 6.45) is 3.36. The van der Waals surface area contributed by atoms with E-state index in [0.717, 1.165) is 19.3 Å². The van der Waals surface area contributed by atoms with Gasteiger partial charge < -0.3 is 16.0 Å². The molecule has 2 fully saturated rings. The van der Waals surface area contributed by atoms with Gasteiger partial charge in [0.1, 0.15) is 0 Å². The fourth-order valence-corrected chi connectivity index (χ4v) is 2.07. The minimum absolute atomic E-state index is 0.0204. The van der Waals surface area contributed by atoms with Gasteiger partial charge in [0.15, 0.2) is 0 Å². The second-order valence-electron chi connectivity index (χ2n) is 4.56. The van der Waals surface area contributed by atoms with E-state index in [4.69, 9.17) is 5.73 Å². The van der Waals surface area contributed by atoms with Gasteiger partial charge in [-0.15, -0.1) is 0 Å². The average molecular weight is 211 g/mol. The molecule has 2 aliphatic rings. The first-order valence-electron chi connectivity index (χ1n) is 5.42. The number of hydrogen-bond acceptors (Lipinski definition) is 3. The highest BCUT2D eigenvalue weighted by Gasteiger charge is 2.36. The fourth-order valence-electron chi connectivity index (χ4n) is 2.07. The van der Waals surface area contributed by atoms with E-state index in [9.17, 15) is 9.59 Å².